The van der Waals surface area contributed by atoms with E-state index in [4.69, 9.17) is 11.6 Å². The average Bonchev–Trinajstić information content (AvgIpc) is 2.58. The molecule has 0 radical (unpaired) electrons. The zero-order valence-electron chi connectivity index (χ0n) is 13.2. The number of halogens is 6. The van der Waals surface area contributed by atoms with E-state index in [1.807, 2.05) is 0 Å². The van der Waals surface area contributed by atoms with Crippen LogP contribution in [0.15, 0.2) is 44.4 Å². The second kappa shape index (κ2) is 8.94. The minimum atomic E-state index is -4.59. The summed E-state index contributed by atoms with van der Waals surface area (Å²) in [5, 5.41) is 15.5. The molecule has 0 fully saturated rings. The zero-order chi connectivity index (χ0) is 20.2. The highest BCUT2D eigenvalue weighted by Crippen LogP contribution is 2.36. The molecule has 0 unspecified atom stereocenters. The molecule has 144 valence electrons. The first-order valence-electron chi connectivity index (χ1n) is 7.18. The number of rotatable bonds is 5. The number of phenols is 1. The third-order valence-corrected chi connectivity index (χ3v) is 4.71. The summed E-state index contributed by atoms with van der Waals surface area (Å²) < 4.78 is 39.3. The van der Waals surface area contributed by atoms with Crippen molar-refractivity contribution >= 4 is 61.3 Å². The predicted molar refractivity (Wildman–Crippen MR) is 104 cm³/mol. The highest BCUT2D eigenvalue weighted by molar-refractivity contribution is 9.11. The molecule has 27 heavy (non-hydrogen) atoms. The second-order valence-corrected chi connectivity index (χ2v) is 7.29. The maximum Gasteiger partial charge on any atom is 0.417 e. The van der Waals surface area contributed by atoms with Gasteiger partial charge in [-0.2, -0.15) is 18.3 Å². The normalized spacial score (nSPS) is 11.6. The number of hydrazone groups is 1. The number of aromatic hydroxyl groups is 1. The van der Waals surface area contributed by atoms with Crippen LogP contribution in [0.5, 0.6) is 5.75 Å². The van der Waals surface area contributed by atoms with Crippen LogP contribution < -0.4 is 10.7 Å². The number of carbonyl (C=O) groups excluding carboxylic acids is 1. The highest BCUT2D eigenvalue weighted by atomic mass is 79.9. The minimum Gasteiger partial charge on any atom is -0.506 e. The van der Waals surface area contributed by atoms with E-state index in [9.17, 15) is 23.1 Å². The minimum absolute atomic E-state index is 0.0292. The molecule has 0 heterocycles. The van der Waals surface area contributed by atoms with Crippen molar-refractivity contribution < 1.29 is 23.1 Å². The van der Waals surface area contributed by atoms with E-state index in [0.29, 0.717) is 14.5 Å². The largest absolute Gasteiger partial charge is 0.506 e. The van der Waals surface area contributed by atoms with Gasteiger partial charge in [0.05, 0.1) is 32.3 Å². The Kier molecular flexibility index (Phi) is 7.12. The lowest BCUT2D eigenvalue weighted by atomic mass is 10.2. The van der Waals surface area contributed by atoms with Crippen LogP contribution in [0.2, 0.25) is 5.02 Å². The summed E-state index contributed by atoms with van der Waals surface area (Å²) in [6, 6.07) is 6.42. The lowest BCUT2D eigenvalue weighted by Crippen LogP contribution is -2.26. The van der Waals surface area contributed by atoms with Gasteiger partial charge in [-0.25, -0.2) is 5.43 Å². The van der Waals surface area contributed by atoms with E-state index in [-0.39, 0.29) is 18.0 Å². The Morgan fingerprint density at radius 3 is 2.44 bits per heavy atom. The number of phenolic OH excluding ortho intramolecular Hbond substituents is 1. The second-order valence-electron chi connectivity index (χ2n) is 5.17. The molecule has 0 aliphatic heterocycles. The average molecular weight is 530 g/mol. The SMILES string of the molecule is O=C(CNc1ccc(Cl)c(C(F)(F)F)c1)NN=Cc1cc(Br)c(O)c(Br)c1. The van der Waals surface area contributed by atoms with Gasteiger partial charge in [-0.3, -0.25) is 4.79 Å². The van der Waals surface area contributed by atoms with Crippen molar-refractivity contribution in [1.82, 2.24) is 5.43 Å². The Hall–Kier alpha value is -1.78. The molecule has 2 aromatic carbocycles. The van der Waals surface area contributed by atoms with Gasteiger partial charge in [0.15, 0.2) is 0 Å². The van der Waals surface area contributed by atoms with Gasteiger partial charge in [0.1, 0.15) is 5.75 Å². The van der Waals surface area contributed by atoms with Crippen LogP contribution in [0.1, 0.15) is 11.1 Å². The van der Waals surface area contributed by atoms with E-state index in [0.717, 1.165) is 12.1 Å². The fourth-order valence-electron chi connectivity index (χ4n) is 1.91. The molecular formula is C16H11Br2ClF3N3O2. The molecule has 3 N–H and O–H groups in total. The number of anilines is 1. The van der Waals surface area contributed by atoms with Crippen LogP contribution in [0, 0.1) is 0 Å². The van der Waals surface area contributed by atoms with Crippen molar-refractivity contribution in [3.8, 4) is 5.75 Å². The molecule has 0 aliphatic carbocycles. The Morgan fingerprint density at radius 2 is 1.85 bits per heavy atom. The fraction of sp³-hybridized carbons (Fsp3) is 0.125. The summed E-state index contributed by atoms with van der Waals surface area (Å²) in [6.45, 7) is -0.292. The summed E-state index contributed by atoms with van der Waals surface area (Å²) >= 11 is 11.9. The van der Waals surface area contributed by atoms with Crippen LogP contribution in [-0.2, 0) is 11.0 Å². The summed E-state index contributed by atoms with van der Waals surface area (Å²) in [5.74, 6) is -0.534. The molecule has 0 saturated carbocycles. The van der Waals surface area contributed by atoms with Gasteiger partial charge in [-0.1, -0.05) is 11.6 Å². The van der Waals surface area contributed by atoms with E-state index < -0.39 is 22.7 Å². The van der Waals surface area contributed by atoms with Crippen LogP contribution in [0.25, 0.3) is 0 Å². The maximum atomic E-state index is 12.8. The molecule has 0 atom stereocenters. The van der Waals surface area contributed by atoms with E-state index in [1.54, 1.807) is 12.1 Å². The molecule has 0 aromatic heterocycles. The molecule has 11 heteroatoms. The molecule has 0 aliphatic rings. The third kappa shape index (κ3) is 6.12. The van der Waals surface area contributed by atoms with E-state index in [2.05, 4.69) is 47.7 Å². The molecular weight excluding hydrogens is 518 g/mol. The fourth-order valence-corrected chi connectivity index (χ4v) is 3.36. The number of hydrogen-bond donors (Lipinski definition) is 3. The van der Waals surface area contributed by atoms with Crippen molar-refractivity contribution in [2.24, 2.45) is 5.10 Å². The van der Waals surface area contributed by atoms with Crippen molar-refractivity contribution in [2.45, 2.75) is 6.18 Å². The van der Waals surface area contributed by atoms with Crippen molar-refractivity contribution in [3.05, 3.63) is 55.4 Å². The summed E-state index contributed by atoms with van der Waals surface area (Å²) in [7, 11) is 0. The number of alkyl halides is 3. The number of amides is 1. The summed E-state index contributed by atoms with van der Waals surface area (Å²) in [4.78, 5) is 11.7. The molecule has 0 bridgehead atoms. The molecule has 2 aromatic rings. The zero-order valence-corrected chi connectivity index (χ0v) is 17.2. The Morgan fingerprint density at radius 1 is 1.22 bits per heavy atom. The molecule has 5 nitrogen and oxygen atoms in total. The molecule has 1 amide bonds. The Balaban J connectivity index is 1.93. The van der Waals surface area contributed by atoms with Crippen LogP contribution in [0.4, 0.5) is 18.9 Å². The van der Waals surface area contributed by atoms with Crippen LogP contribution >= 0.6 is 43.5 Å². The monoisotopic (exact) mass is 527 g/mol. The van der Waals surface area contributed by atoms with Gasteiger partial charge in [0.25, 0.3) is 5.91 Å². The highest BCUT2D eigenvalue weighted by Gasteiger charge is 2.33. The quantitative estimate of drug-likeness (QED) is 0.371. The number of hydrogen-bond acceptors (Lipinski definition) is 4. The van der Waals surface area contributed by atoms with Crippen LogP contribution in [0.3, 0.4) is 0 Å². The van der Waals surface area contributed by atoms with Crippen molar-refractivity contribution in [1.29, 1.82) is 0 Å². The number of carbonyl (C=O) groups is 1. The first-order chi connectivity index (χ1) is 12.6. The smallest absolute Gasteiger partial charge is 0.417 e. The van der Waals surface area contributed by atoms with Crippen molar-refractivity contribution in [3.63, 3.8) is 0 Å². The Labute approximate surface area is 173 Å². The van der Waals surface area contributed by atoms with Crippen molar-refractivity contribution in [2.75, 3.05) is 11.9 Å². The molecule has 0 spiro atoms. The maximum absolute atomic E-state index is 12.8. The van der Waals surface area contributed by atoms with Gasteiger partial charge in [0.2, 0.25) is 0 Å². The third-order valence-electron chi connectivity index (χ3n) is 3.17. The first kappa shape index (κ1) is 21.5. The van der Waals surface area contributed by atoms with Gasteiger partial charge in [0, 0.05) is 5.69 Å². The van der Waals surface area contributed by atoms with Crippen LogP contribution in [-0.4, -0.2) is 23.8 Å². The van der Waals surface area contributed by atoms with Gasteiger partial charge < -0.3 is 10.4 Å². The number of nitrogens with zero attached hydrogens (tertiary/aromatic N) is 1. The lowest BCUT2D eigenvalue weighted by molar-refractivity contribution is -0.137. The molecule has 0 saturated heterocycles. The first-order valence-corrected chi connectivity index (χ1v) is 9.15. The topological polar surface area (TPSA) is 73.7 Å². The summed E-state index contributed by atoms with van der Waals surface area (Å²) in [5.41, 5.74) is 1.93. The van der Waals surface area contributed by atoms with Gasteiger partial charge >= 0.3 is 6.18 Å². The lowest BCUT2D eigenvalue weighted by Gasteiger charge is -2.12. The Bertz CT molecular complexity index is 869. The van der Waals surface area contributed by atoms with Gasteiger partial charge in [-0.15, -0.1) is 0 Å². The standard InChI is InChI=1S/C16H11Br2ClF3N3O2/c17-11-3-8(4-12(18)15(11)27)6-24-25-14(26)7-23-9-1-2-13(19)10(5-9)16(20,21)22/h1-6,23,27H,7H2,(H,25,26). The van der Waals surface area contributed by atoms with Gasteiger partial charge in [-0.05, 0) is 67.8 Å². The van der Waals surface area contributed by atoms with E-state index in [1.165, 1.54) is 12.3 Å². The predicted octanol–water partition coefficient (Wildman–Crippen LogP) is 5.15. The number of nitrogens with one attached hydrogen (secondary N) is 2. The molecule has 2 rings (SSSR count). The van der Waals surface area contributed by atoms with E-state index >= 15 is 0 Å². The number of benzene rings is 2. The summed E-state index contributed by atoms with van der Waals surface area (Å²) in [6.07, 6.45) is -3.25.